The average molecular weight is 247 g/mol. The highest BCUT2D eigenvalue weighted by Gasteiger charge is 2.34. The van der Waals surface area contributed by atoms with Crippen molar-refractivity contribution in [3.8, 4) is 0 Å². The van der Waals surface area contributed by atoms with Gasteiger partial charge in [-0.2, -0.15) is 0 Å². The Morgan fingerprint density at radius 3 is 2.67 bits per heavy atom. The predicted octanol–water partition coefficient (Wildman–Crippen LogP) is 0.388. The van der Waals surface area contributed by atoms with Gasteiger partial charge in [-0.1, -0.05) is 0 Å². The Kier molecular flexibility index (Phi) is 2.91. The van der Waals surface area contributed by atoms with E-state index < -0.39 is 0 Å². The number of pyridine rings is 1. The molecule has 2 unspecified atom stereocenters. The van der Waals surface area contributed by atoms with Crippen LogP contribution in [0.4, 0.5) is 0 Å². The summed E-state index contributed by atoms with van der Waals surface area (Å²) in [5.41, 5.74) is 0.192. The normalized spacial score (nSPS) is 30.1. The summed E-state index contributed by atoms with van der Waals surface area (Å²) in [5.74, 6) is -0.146. The maximum atomic E-state index is 12.0. The minimum Gasteiger partial charge on any atom is -0.349 e. The lowest BCUT2D eigenvalue weighted by Crippen LogP contribution is -2.48. The fourth-order valence-corrected chi connectivity index (χ4v) is 3.03. The first-order chi connectivity index (χ1) is 8.70. The molecule has 3 rings (SSSR count). The van der Waals surface area contributed by atoms with Crippen LogP contribution in [0.1, 0.15) is 36.0 Å². The van der Waals surface area contributed by atoms with Gasteiger partial charge in [0.05, 0.1) is 0 Å². The summed E-state index contributed by atoms with van der Waals surface area (Å²) < 4.78 is 0. The van der Waals surface area contributed by atoms with Crippen molar-refractivity contribution >= 4 is 5.91 Å². The van der Waals surface area contributed by atoms with E-state index in [9.17, 15) is 9.59 Å². The summed E-state index contributed by atoms with van der Waals surface area (Å²) in [5, 5.41) is 6.57. The van der Waals surface area contributed by atoms with Crippen LogP contribution in [0.25, 0.3) is 0 Å². The summed E-state index contributed by atoms with van der Waals surface area (Å²) in [6, 6.07) is 4.30. The standard InChI is InChI=1S/C13H17N3O2/c17-12-5-8(3-4-14-12)13(18)16-11-6-9-1-2-10(7-11)15-9/h3-5,9-11,15H,1-2,6-7H2,(H,14,17)(H,16,18). The molecule has 5 nitrogen and oxygen atoms in total. The van der Waals surface area contributed by atoms with Gasteiger partial charge in [-0.05, 0) is 31.7 Å². The molecular formula is C13H17N3O2. The Morgan fingerprint density at radius 2 is 2.00 bits per heavy atom. The molecule has 2 atom stereocenters. The molecular weight excluding hydrogens is 230 g/mol. The molecule has 5 heteroatoms. The summed E-state index contributed by atoms with van der Waals surface area (Å²) in [6.07, 6.45) is 5.91. The van der Waals surface area contributed by atoms with E-state index in [4.69, 9.17) is 0 Å². The Labute approximate surface area is 105 Å². The second-order valence-electron chi connectivity index (χ2n) is 5.22. The molecule has 1 aromatic heterocycles. The van der Waals surface area contributed by atoms with Crippen LogP contribution in [0.2, 0.25) is 0 Å². The second kappa shape index (κ2) is 4.57. The highest BCUT2D eigenvalue weighted by Crippen LogP contribution is 2.26. The maximum Gasteiger partial charge on any atom is 0.251 e. The largest absolute Gasteiger partial charge is 0.349 e. The van der Waals surface area contributed by atoms with Crippen LogP contribution < -0.4 is 16.2 Å². The molecule has 0 aromatic carbocycles. The quantitative estimate of drug-likeness (QED) is 0.707. The molecule has 0 radical (unpaired) electrons. The van der Waals surface area contributed by atoms with Crippen molar-refractivity contribution in [2.75, 3.05) is 0 Å². The molecule has 2 aliphatic heterocycles. The van der Waals surface area contributed by atoms with Gasteiger partial charge in [-0.15, -0.1) is 0 Å². The van der Waals surface area contributed by atoms with Gasteiger partial charge in [-0.25, -0.2) is 0 Å². The fourth-order valence-electron chi connectivity index (χ4n) is 3.03. The summed E-state index contributed by atoms with van der Waals surface area (Å²) in [4.78, 5) is 25.7. The SMILES string of the molecule is O=C(NC1CC2CCC(C1)N2)c1cc[nH]c(=O)c1. The lowest BCUT2D eigenvalue weighted by molar-refractivity contribution is 0.0923. The van der Waals surface area contributed by atoms with Gasteiger partial charge in [0.1, 0.15) is 0 Å². The van der Waals surface area contributed by atoms with Crippen molar-refractivity contribution < 1.29 is 4.79 Å². The topological polar surface area (TPSA) is 74.0 Å². The number of nitrogens with one attached hydrogen (secondary N) is 3. The maximum absolute atomic E-state index is 12.0. The number of carbonyl (C=O) groups excluding carboxylic acids is 1. The second-order valence-corrected chi connectivity index (χ2v) is 5.22. The van der Waals surface area contributed by atoms with Gasteiger partial charge in [0.25, 0.3) is 5.91 Å². The van der Waals surface area contributed by atoms with Crippen LogP contribution in [-0.4, -0.2) is 29.0 Å². The van der Waals surface area contributed by atoms with Gasteiger partial charge in [-0.3, -0.25) is 9.59 Å². The molecule has 1 aromatic rings. The molecule has 2 saturated heterocycles. The third kappa shape index (κ3) is 2.31. The average Bonchev–Trinajstić information content (AvgIpc) is 2.69. The molecule has 18 heavy (non-hydrogen) atoms. The molecule has 0 saturated carbocycles. The number of carbonyl (C=O) groups is 1. The van der Waals surface area contributed by atoms with E-state index in [1.54, 1.807) is 6.07 Å². The summed E-state index contributed by atoms with van der Waals surface area (Å²) >= 11 is 0. The smallest absolute Gasteiger partial charge is 0.251 e. The Bertz CT molecular complexity index is 499. The van der Waals surface area contributed by atoms with Crippen molar-refractivity contribution in [1.29, 1.82) is 0 Å². The number of amides is 1. The van der Waals surface area contributed by atoms with E-state index in [1.807, 2.05) is 0 Å². The van der Waals surface area contributed by atoms with E-state index in [2.05, 4.69) is 15.6 Å². The van der Waals surface area contributed by atoms with Gasteiger partial charge >= 0.3 is 0 Å². The number of aromatic amines is 1. The van der Waals surface area contributed by atoms with Gasteiger partial charge in [0.15, 0.2) is 0 Å². The van der Waals surface area contributed by atoms with Crippen molar-refractivity contribution in [3.05, 3.63) is 34.2 Å². The Morgan fingerprint density at radius 1 is 1.28 bits per heavy atom. The third-order valence-electron chi connectivity index (χ3n) is 3.85. The number of hydrogen-bond acceptors (Lipinski definition) is 3. The minimum absolute atomic E-state index is 0.146. The van der Waals surface area contributed by atoms with Crippen LogP contribution in [0.5, 0.6) is 0 Å². The van der Waals surface area contributed by atoms with Crippen molar-refractivity contribution in [2.45, 2.75) is 43.8 Å². The van der Waals surface area contributed by atoms with Gasteiger partial charge in [0.2, 0.25) is 5.56 Å². The first-order valence-electron chi connectivity index (χ1n) is 6.46. The summed E-state index contributed by atoms with van der Waals surface area (Å²) in [7, 11) is 0. The third-order valence-corrected chi connectivity index (χ3v) is 3.85. The van der Waals surface area contributed by atoms with E-state index in [-0.39, 0.29) is 17.5 Å². The predicted molar refractivity (Wildman–Crippen MR) is 67.5 cm³/mol. The first kappa shape index (κ1) is 11.5. The van der Waals surface area contributed by atoms with Crippen molar-refractivity contribution in [1.82, 2.24) is 15.6 Å². The fraction of sp³-hybridized carbons (Fsp3) is 0.538. The monoisotopic (exact) mass is 247 g/mol. The zero-order chi connectivity index (χ0) is 12.5. The number of aromatic nitrogens is 1. The van der Waals surface area contributed by atoms with E-state index >= 15 is 0 Å². The number of piperidine rings is 1. The van der Waals surface area contributed by atoms with Crippen LogP contribution in [0, 0.1) is 0 Å². The lowest BCUT2D eigenvalue weighted by Gasteiger charge is -2.29. The Balaban J connectivity index is 1.66. The number of H-pyrrole nitrogens is 1. The van der Waals surface area contributed by atoms with Crippen LogP contribution >= 0.6 is 0 Å². The molecule has 2 fully saturated rings. The van der Waals surface area contributed by atoms with Crippen LogP contribution in [0.15, 0.2) is 23.1 Å². The molecule has 3 N–H and O–H groups in total. The molecule has 0 aliphatic carbocycles. The molecule has 96 valence electrons. The van der Waals surface area contributed by atoms with Crippen LogP contribution in [0.3, 0.4) is 0 Å². The Hall–Kier alpha value is -1.62. The summed E-state index contributed by atoms with van der Waals surface area (Å²) in [6.45, 7) is 0. The molecule has 0 spiro atoms. The zero-order valence-corrected chi connectivity index (χ0v) is 10.1. The van der Waals surface area contributed by atoms with Crippen LogP contribution in [-0.2, 0) is 0 Å². The highest BCUT2D eigenvalue weighted by molar-refractivity contribution is 5.94. The number of rotatable bonds is 2. The van der Waals surface area contributed by atoms with E-state index in [0.717, 1.165) is 12.8 Å². The zero-order valence-electron chi connectivity index (χ0n) is 10.1. The van der Waals surface area contributed by atoms with E-state index in [1.165, 1.54) is 25.1 Å². The highest BCUT2D eigenvalue weighted by atomic mass is 16.2. The molecule has 1 amide bonds. The number of hydrogen-bond donors (Lipinski definition) is 3. The number of fused-ring (bicyclic) bond motifs is 2. The molecule has 2 aliphatic rings. The first-order valence-corrected chi connectivity index (χ1v) is 6.46. The molecule has 2 bridgehead atoms. The van der Waals surface area contributed by atoms with Crippen molar-refractivity contribution in [2.24, 2.45) is 0 Å². The minimum atomic E-state index is -0.243. The van der Waals surface area contributed by atoms with Crippen molar-refractivity contribution in [3.63, 3.8) is 0 Å². The van der Waals surface area contributed by atoms with E-state index in [0.29, 0.717) is 17.6 Å². The van der Waals surface area contributed by atoms with Gasteiger partial charge < -0.3 is 15.6 Å². The lowest BCUT2D eigenvalue weighted by atomic mass is 9.99. The molecule has 3 heterocycles. The van der Waals surface area contributed by atoms with Gasteiger partial charge in [0, 0.05) is 36.0 Å².